The van der Waals surface area contributed by atoms with Gasteiger partial charge < -0.3 is 5.32 Å². The fraction of sp³-hybridized carbons (Fsp3) is 0.786. The van der Waals surface area contributed by atoms with Gasteiger partial charge in [-0.3, -0.25) is 4.68 Å². The smallest absolute Gasteiger partial charge is 0.0820 e. The van der Waals surface area contributed by atoms with Crippen LogP contribution in [0.15, 0.2) is 6.20 Å². The second-order valence-electron chi connectivity index (χ2n) is 5.54. The van der Waals surface area contributed by atoms with E-state index < -0.39 is 0 Å². The van der Waals surface area contributed by atoms with Crippen LogP contribution in [0.5, 0.6) is 0 Å². The minimum atomic E-state index is 0.552. The fourth-order valence-corrected chi connectivity index (χ4v) is 3.56. The van der Waals surface area contributed by atoms with Crippen molar-refractivity contribution >= 4 is 11.6 Å². The lowest BCUT2D eigenvalue weighted by Crippen LogP contribution is -2.31. The van der Waals surface area contributed by atoms with Gasteiger partial charge in [0.15, 0.2) is 0 Å². The van der Waals surface area contributed by atoms with Gasteiger partial charge in [0.1, 0.15) is 0 Å². The number of nitrogens with zero attached hydrogens (tertiary/aromatic N) is 2. The Labute approximate surface area is 115 Å². The molecule has 1 aliphatic rings. The van der Waals surface area contributed by atoms with Crippen LogP contribution in [0.25, 0.3) is 0 Å². The van der Waals surface area contributed by atoms with Crippen LogP contribution in [-0.4, -0.2) is 23.4 Å². The van der Waals surface area contributed by atoms with Crippen molar-refractivity contribution in [3.05, 3.63) is 16.9 Å². The molecule has 4 heteroatoms. The summed E-state index contributed by atoms with van der Waals surface area (Å²) in [4.78, 5) is 0. The van der Waals surface area contributed by atoms with Crippen molar-refractivity contribution in [1.29, 1.82) is 0 Å². The number of halogens is 1. The molecule has 3 unspecified atom stereocenters. The third-order valence-corrected chi connectivity index (χ3v) is 4.50. The van der Waals surface area contributed by atoms with Crippen molar-refractivity contribution in [1.82, 2.24) is 15.1 Å². The van der Waals surface area contributed by atoms with Crippen LogP contribution >= 0.6 is 11.6 Å². The maximum atomic E-state index is 6.37. The van der Waals surface area contributed by atoms with E-state index in [0.717, 1.165) is 24.0 Å². The molecule has 1 aliphatic carbocycles. The zero-order valence-corrected chi connectivity index (χ0v) is 12.4. The number of aryl methyl sites for hydroxylation is 1. The predicted octanol–water partition coefficient (Wildman–Crippen LogP) is 3.30. The molecule has 1 aromatic heterocycles. The Bertz CT molecular complexity index is 388. The first kappa shape index (κ1) is 13.9. The van der Waals surface area contributed by atoms with Crippen molar-refractivity contribution in [3.63, 3.8) is 0 Å². The second kappa shape index (κ2) is 6.07. The average molecular weight is 270 g/mol. The lowest BCUT2D eigenvalue weighted by molar-refractivity contribution is 0.236. The van der Waals surface area contributed by atoms with E-state index >= 15 is 0 Å². The molecule has 18 heavy (non-hydrogen) atoms. The zero-order chi connectivity index (χ0) is 13.1. The van der Waals surface area contributed by atoms with E-state index in [1.165, 1.54) is 25.0 Å². The SMILES string of the molecule is CCn1ncc(Cl)c1C1CC(C)CCC1CNC. The summed E-state index contributed by atoms with van der Waals surface area (Å²) in [5.41, 5.74) is 1.26. The van der Waals surface area contributed by atoms with Crippen molar-refractivity contribution in [3.8, 4) is 0 Å². The highest BCUT2D eigenvalue weighted by Gasteiger charge is 2.32. The number of aromatic nitrogens is 2. The molecule has 1 heterocycles. The minimum absolute atomic E-state index is 0.552. The quantitative estimate of drug-likeness (QED) is 0.909. The van der Waals surface area contributed by atoms with Gasteiger partial charge >= 0.3 is 0 Å². The van der Waals surface area contributed by atoms with Gasteiger partial charge in [-0.1, -0.05) is 24.9 Å². The van der Waals surface area contributed by atoms with E-state index in [1.54, 1.807) is 6.20 Å². The van der Waals surface area contributed by atoms with Crippen LogP contribution in [0.4, 0.5) is 0 Å². The van der Waals surface area contributed by atoms with Crippen LogP contribution in [0.3, 0.4) is 0 Å². The molecule has 102 valence electrons. The van der Waals surface area contributed by atoms with Crippen LogP contribution in [0.1, 0.15) is 44.7 Å². The Morgan fingerprint density at radius 3 is 2.94 bits per heavy atom. The Morgan fingerprint density at radius 2 is 2.28 bits per heavy atom. The molecule has 3 nitrogen and oxygen atoms in total. The molecular formula is C14H24ClN3. The van der Waals surface area contributed by atoms with Crippen molar-refractivity contribution in [2.45, 2.75) is 45.6 Å². The Balaban J connectivity index is 2.28. The van der Waals surface area contributed by atoms with Crippen LogP contribution < -0.4 is 5.32 Å². The number of hydrogen-bond donors (Lipinski definition) is 1. The Hall–Kier alpha value is -0.540. The maximum absolute atomic E-state index is 6.37. The van der Waals surface area contributed by atoms with Crippen molar-refractivity contribution < 1.29 is 0 Å². The van der Waals surface area contributed by atoms with Crippen molar-refractivity contribution in [2.24, 2.45) is 11.8 Å². The lowest BCUT2D eigenvalue weighted by atomic mass is 9.73. The molecule has 0 amide bonds. The molecule has 0 spiro atoms. The second-order valence-corrected chi connectivity index (χ2v) is 5.94. The third kappa shape index (κ3) is 2.72. The minimum Gasteiger partial charge on any atom is -0.319 e. The van der Waals surface area contributed by atoms with E-state index in [9.17, 15) is 0 Å². The summed E-state index contributed by atoms with van der Waals surface area (Å²) in [5.74, 6) is 2.03. The van der Waals surface area contributed by atoms with Crippen LogP contribution in [0.2, 0.25) is 5.02 Å². The van der Waals surface area contributed by atoms with E-state index in [4.69, 9.17) is 11.6 Å². The van der Waals surface area contributed by atoms with Gasteiger partial charge in [0.05, 0.1) is 16.9 Å². The van der Waals surface area contributed by atoms with Crippen LogP contribution in [0, 0.1) is 11.8 Å². The average Bonchev–Trinajstić information content (AvgIpc) is 2.73. The monoisotopic (exact) mass is 269 g/mol. The van der Waals surface area contributed by atoms with Gasteiger partial charge in [-0.05, 0) is 45.2 Å². The topological polar surface area (TPSA) is 29.9 Å². The third-order valence-electron chi connectivity index (χ3n) is 4.21. The highest BCUT2D eigenvalue weighted by atomic mass is 35.5. The summed E-state index contributed by atoms with van der Waals surface area (Å²) in [7, 11) is 2.04. The molecule has 0 saturated heterocycles. The molecule has 0 radical (unpaired) electrons. The lowest BCUT2D eigenvalue weighted by Gasteiger charge is -2.35. The van der Waals surface area contributed by atoms with Gasteiger partial charge in [-0.2, -0.15) is 5.10 Å². The standard InChI is InChI=1S/C14H24ClN3/c1-4-18-14(13(15)9-17-18)12-7-10(2)5-6-11(12)8-16-3/h9-12,16H,4-8H2,1-3H3. The molecule has 0 aromatic carbocycles. The van der Waals surface area contributed by atoms with Gasteiger partial charge in [0, 0.05) is 12.5 Å². The van der Waals surface area contributed by atoms with E-state index in [0.29, 0.717) is 11.8 Å². The number of hydrogen-bond acceptors (Lipinski definition) is 2. The highest BCUT2D eigenvalue weighted by molar-refractivity contribution is 6.31. The fourth-order valence-electron chi connectivity index (χ4n) is 3.28. The predicted molar refractivity (Wildman–Crippen MR) is 76.1 cm³/mol. The summed E-state index contributed by atoms with van der Waals surface area (Å²) in [6.07, 6.45) is 5.66. The van der Waals surface area contributed by atoms with Gasteiger partial charge in [0.25, 0.3) is 0 Å². The summed E-state index contributed by atoms with van der Waals surface area (Å²) in [5, 5.41) is 8.57. The largest absolute Gasteiger partial charge is 0.319 e. The van der Waals surface area contributed by atoms with Crippen molar-refractivity contribution in [2.75, 3.05) is 13.6 Å². The van der Waals surface area contributed by atoms with E-state index in [-0.39, 0.29) is 0 Å². The first-order valence-electron chi connectivity index (χ1n) is 7.03. The first-order valence-corrected chi connectivity index (χ1v) is 7.40. The molecule has 1 saturated carbocycles. The summed E-state index contributed by atoms with van der Waals surface area (Å²) >= 11 is 6.37. The molecule has 2 rings (SSSR count). The van der Waals surface area contributed by atoms with Gasteiger partial charge in [-0.15, -0.1) is 0 Å². The van der Waals surface area contributed by atoms with Gasteiger partial charge in [0.2, 0.25) is 0 Å². The number of nitrogens with one attached hydrogen (secondary N) is 1. The van der Waals surface area contributed by atoms with E-state index in [1.807, 2.05) is 7.05 Å². The Kier molecular flexibility index (Phi) is 4.68. The van der Waals surface area contributed by atoms with Gasteiger partial charge in [-0.25, -0.2) is 0 Å². The van der Waals surface area contributed by atoms with Crippen LogP contribution in [-0.2, 0) is 6.54 Å². The summed E-state index contributed by atoms with van der Waals surface area (Å²) in [6, 6.07) is 0. The summed E-state index contributed by atoms with van der Waals surface area (Å²) in [6.45, 7) is 6.46. The normalized spacial score (nSPS) is 28.6. The molecule has 1 aromatic rings. The molecule has 3 atom stereocenters. The molecule has 1 N–H and O–H groups in total. The highest BCUT2D eigenvalue weighted by Crippen LogP contribution is 2.42. The number of rotatable bonds is 4. The molecule has 0 aliphatic heterocycles. The molecular weight excluding hydrogens is 246 g/mol. The summed E-state index contributed by atoms with van der Waals surface area (Å²) < 4.78 is 2.08. The van der Waals surface area contributed by atoms with E-state index in [2.05, 4.69) is 28.9 Å². The zero-order valence-electron chi connectivity index (χ0n) is 11.6. The molecule has 0 bridgehead atoms. The first-order chi connectivity index (χ1) is 8.67. The molecule has 1 fully saturated rings. The maximum Gasteiger partial charge on any atom is 0.0820 e. The Morgan fingerprint density at radius 1 is 1.50 bits per heavy atom.